The second kappa shape index (κ2) is 3.90. The van der Waals surface area contributed by atoms with Crippen LogP contribution >= 0.6 is 0 Å². The highest BCUT2D eigenvalue weighted by Gasteiger charge is 2.31. The number of carbonyl (C=O) groups excluding carboxylic acids is 1. The lowest BCUT2D eigenvalue weighted by Gasteiger charge is -2.15. The van der Waals surface area contributed by atoms with Gasteiger partial charge in [0.2, 0.25) is 0 Å². The van der Waals surface area contributed by atoms with Crippen molar-refractivity contribution in [2.24, 2.45) is 18.7 Å². The molecule has 1 aliphatic heterocycles. The van der Waals surface area contributed by atoms with Crippen molar-refractivity contribution in [1.82, 2.24) is 14.7 Å². The van der Waals surface area contributed by atoms with Gasteiger partial charge in [-0.05, 0) is 18.9 Å². The molecule has 0 spiro atoms. The van der Waals surface area contributed by atoms with Crippen molar-refractivity contribution in [3.63, 3.8) is 0 Å². The average Bonchev–Trinajstić information content (AvgIpc) is 2.70. The van der Waals surface area contributed by atoms with Crippen molar-refractivity contribution in [2.75, 3.05) is 13.1 Å². The summed E-state index contributed by atoms with van der Waals surface area (Å²) in [5, 5.41) is 4.18. The third kappa shape index (κ3) is 1.82. The summed E-state index contributed by atoms with van der Waals surface area (Å²) >= 11 is 0. The fraction of sp³-hybridized carbons (Fsp3) is 0.636. The molecule has 2 N–H and O–H groups in total. The van der Waals surface area contributed by atoms with Crippen LogP contribution in [0.2, 0.25) is 0 Å². The number of hydrogen-bond acceptors (Lipinski definition) is 3. The predicted octanol–water partition coefficient (Wildman–Crippen LogP) is 0.148. The zero-order valence-electron chi connectivity index (χ0n) is 9.97. The molecule has 0 bridgehead atoms. The van der Waals surface area contributed by atoms with Crippen molar-refractivity contribution >= 4 is 5.91 Å². The average molecular weight is 222 g/mol. The molecule has 1 aromatic heterocycles. The van der Waals surface area contributed by atoms with Crippen LogP contribution < -0.4 is 5.73 Å². The number of aryl methyl sites for hydroxylation is 2. The molecular formula is C11H18N4O. The van der Waals surface area contributed by atoms with E-state index < -0.39 is 0 Å². The van der Waals surface area contributed by atoms with Crippen LogP contribution in [0, 0.1) is 12.8 Å². The van der Waals surface area contributed by atoms with Crippen molar-refractivity contribution in [1.29, 1.82) is 0 Å². The number of rotatable bonds is 1. The molecule has 2 unspecified atom stereocenters. The van der Waals surface area contributed by atoms with Gasteiger partial charge >= 0.3 is 0 Å². The van der Waals surface area contributed by atoms with Crippen LogP contribution in [0.3, 0.4) is 0 Å². The lowest BCUT2D eigenvalue weighted by Crippen LogP contribution is -2.33. The quantitative estimate of drug-likeness (QED) is 0.735. The number of aromatic nitrogens is 2. The van der Waals surface area contributed by atoms with Crippen molar-refractivity contribution in [2.45, 2.75) is 19.9 Å². The first-order chi connectivity index (χ1) is 7.49. The normalized spacial score (nSPS) is 25.1. The van der Waals surface area contributed by atoms with E-state index in [1.807, 2.05) is 17.9 Å². The van der Waals surface area contributed by atoms with E-state index in [2.05, 4.69) is 12.0 Å². The number of carbonyl (C=O) groups is 1. The van der Waals surface area contributed by atoms with Crippen LogP contribution in [0.15, 0.2) is 6.07 Å². The topological polar surface area (TPSA) is 64.2 Å². The Morgan fingerprint density at radius 3 is 2.69 bits per heavy atom. The zero-order chi connectivity index (χ0) is 11.9. The summed E-state index contributed by atoms with van der Waals surface area (Å²) in [6.07, 6.45) is 0. The van der Waals surface area contributed by atoms with E-state index in [0.717, 1.165) is 12.2 Å². The summed E-state index contributed by atoms with van der Waals surface area (Å²) in [4.78, 5) is 14.0. The van der Waals surface area contributed by atoms with E-state index >= 15 is 0 Å². The number of likely N-dealkylation sites (tertiary alicyclic amines) is 1. The molecule has 2 atom stereocenters. The van der Waals surface area contributed by atoms with Gasteiger partial charge in [0.15, 0.2) is 0 Å². The fourth-order valence-corrected chi connectivity index (χ4v) is 2.13. The molecule has 0 aliphatic carbocycles. The van der Waals surface area contributed by atoms with Gasteiger partial charge in [0, 0.05) is 26.2 Å². The molecule has 1 aromatic rings. The maximum atomic E-state index is 12.2. The van der Waals surface area contributed by atoms with E-state index in [1.54, 1.807) is 11.7 Å². The smallest absolute Gasteiger partial charge is 0.272 e. The zero-order valence-corrected chi connectivity index (χ0v) is 9.97. The molecule has 0 saturated carbocycles. The molecule has 5 heteroatoms. The SMILES string of the molecule is Cc1cc(C(=O)N2CC(C)C(N)C2)n(C)n1. The molecule has 2 heterocycles. The lowest BCUT2D eigenvalue weighted by atomic mass is 10.1. The minimum Gasteiger partial charge on any atom is -0.335 e. The fourth-order valence-electron chi connectivity index (χ4n) is 2.13. The molecule has 5 nitrogen and oxygen atoms in total. The highest BCUT2D eigenvalue weighted by atomic mass is 16.2. The Balaban J connectivity index is 2.17. The molecule has 1 saturated heterocycles. The molecule has 16 heavy (non-hydrogen) atoms. The van der Waals surface area contributed by atoms with Gasteiger partial charge in [0.1, 0.15) is 5.69 Å². The molecular weight excluding hydrogens is 204 g/mol. The second-order valence-corrected chi connectivity index (χ2v) is 4.65. The van der Waals surface area contributed by atoms with Gasteiger partial charge in [-0.3, -0.25) is 9.48 Å². The van der Waals surface area contributed by atoms with E-state index in [9.17, 15) is 4.79 Å². The Morgan fingerprint density at radius 2 is 2.25 bits per heavy atom. The number of hydrogen-bond donors (Lipinski definition) is 1. The molecule has 0 aromatic carbocycles. The Hall–Kier alpha value is -1.36. The van der Waals surface area contributed by atoms with Gasteiger partial charge in [-0.25, -0.2) is 0 Å². The Morgan fingerprint density at radius 1 is 1.56 bits per heavy atom. The van der Waals surface area contributed by atoms with Crippen LogP contribution in [-0.4, -0.2) is 39.7 Å². The van der Waals surface area contributed by atoms with Crippen LogP contribution in [-0.2, 0) is 7.05 Å². The second-order valence-electron chi connectivity index (χ2n) is 4.65. The molecule has 88 valence electrons. The van der Waals surface area contributed by atoms with E-state index in [-0.39, 0.29) is 11.9 Å². The van der Waals surface area contributed by atoms with Gasteiger partial charge < -0.3 is 10.6 Å². The number of amides is 1. The maximum Gasteiger partial charge on any atom is 0.272 e. The number of nitrogens with two attached hydrogens (primary N) is 1. The van der Waals surface area contributed by atoms with Gasteiger partial charge in [-0.15, -0.1) is 0 Å². The van der Waals surface area contributed by atoms with Crippen molar-refractivity contribution in [3.8, 4) is 0 Å². The Bertz CT molecular complexity index is 402. The van der Waals surface area contributed by atoms with Gasteiger partial charge in [-0.1, -0.05) is 6.92 Å². The summed E-state index contributed by atoms with van der Waals surface area (Å²) in [7, 11) is 1.79. The Kier molecular flexibility index (Phi) is 2.71. The summed E-state index contributed by atoms with van der Waals surface area (Å²) in [5.74, 6) is 0.404. The first-order valence-corrected chi connectivity index (χ1v) is 5.54. The van der Waals surface area contributed by atoms with Gasteiger partial charge in [0.05, 0.1) is 5.69 Å². The van der Waals surface area contributed by atoms with E-state index in [4.69, 9.17) is 5.73 Å². The minimum absolute atomic E-state index is 0.0305. The van der Waals surface area contributed by atoms with E-state index in [1.165, 1.54) is 0 Å². The van der Waals surface area contributed by atoms with Crippen molar-refractivity contribution in [3.05, 3.63) is 17.5 Å². The first kappa shape index (κ1) is 11.1. The minimum atomic E-state index is 0.0305. The van der Waals surface area contributed by atoms with Gasteiger partial charge in [0.25, 0.3) is 5.91 Å². The summed E-state index contributed by atoms with van der Waals surface area (Å²) in [6.45, 7) is 5.34. The molecule has 1 fully saturated rings. The highest BCUT2D eigenvalue weighted by molar-refractivity contribution is 5.93. The molecule has 0 radical (unpaired) electrons. The summed E-state index contributed by atoms with van der Waals surface area (Å²) < 4.78 is 1.63. The third-order valence-corrected chi connectivity index (χ3v) is 3.18. The van der Waals surface area contributed by atoms with Crippen molar-refractivity contribution < 1.29 is 4.79 Å². The molecule has 1 amide bonds. The lowest BCUT2D eigenvalue weighted by molar-refractivity contribution is 0.0776. The van der Waals surface area contributed by atoms with E-state index in [0.29, 0.717) is 18.2 Å². The largest absolute Gasteiger partial charge is 0.335 e. The van der Waals surface area contributed by atoms with Crippen LogP contribution in [0.1, 0.15) is 23.1 Å². The monoisotopic (exact) mass is 222 g/mol. The van der Waals surface area contributed by atoms with Crippen LogP contribution in [0.5, 0.6) is 0 Å². The summed E-state index contributed by atoms with van der Waals surface area (Å²) in [5.41, 5.74) is 7.41. The third-order valence-electron chi connectivity index (χ3n) is 3.18. The standard InChI is InChI=1S/C11H18N4O/c1-7-5-15(6-9(7)12)11(16)10-4-8(2)13-14(10)3/h4,7,9H,5-6,12H2,1-3H3. The molecule has 1 aliphatic rings. The predicted molar refractivity (Wildman–Crippen MR) is 61.0 cm³/mol. The Labute approximate surface area is 95.2 Å². The summed E-state index contributed by atoms with van der Waals surface area (Å²) in [6, 6.07) is 1.91. The van der Waals surface area contributed by atoms with Gasteiger partial charge in [-0.2, -0.15) is 5.10 Å². The van der Waals surface area contributed by atoms with Crippen LogP contribution in [0.25, 0.3) is 0 Å². The number of nitrogens with zero attached hydrogens (tertiary/aromatic N) is 3. The first-order valence-electron chi connectivity index (χ1n) is 5.54. The maximum absolute atomic E-state index is 12.2. The highest BCUT2D eigenvalue weighted by Crippen LogP contribution is 2.17. The molecule has 2 rings (SSSR count). The van der Waals surface area contributed by atoms with Crippen LogP contribution in [0.4, 0.5) is 0 Å².